The van der Waals surface area contributed by atoms with E-state index in [0.717, 1.165) is 13.1 Å². The molecule has 0 aliphatic carbocycles. The van der Waals surface area contributed by atoms with Gasteiger partial charge in [0.2, 0.25) is 0 Å². The van der Waals surface area contributed by atoms with Gasteiger partial charge >= 0.3 is 6.09 Å². The summed E-state index contributed by atoms with van der Waals surface area (Å²) in [6, 6.07) is 0.818. The van der Waals surface area contributed by atoms with Crippen LogP contribution in [0.1, 0.15) is 45.4 Å². The molecule has 4 nitrogen and oxygen atoms in total. The summed E-state index contributed by atoms with van der Waals surface area (Å²) in [6.45, 7) is 5.53. The summed E-state index contributed by atoms with van der Waals surface area (Å²) in [7, 11) is 1.47. The van der Waals surface area contributed by atoms with Crippen LogP contribution in [0.15, 0.2) is 0 Å². The molecule has 3 aliphatic heterocycles. The molecule has 3 heterocycles. The van der Waals surface area contributed by atoms with E-state index in [9.17, 15) is 4.79 Å². The standard InChI is InChI=1S/C14H26N2O2/c1-3-4-5-6-7-8-15-10-12-9-13(11-15)16(12)14(17)18-2/h12-13H,3-11H2,1-2H3. The minimum atomic E-state index is -0.140. The molecular weight excluding hydrogens is 228 g/mol. The Bertz CT molecular complexity index is 271. The summed E-state index contributed by atoms with van der Waals surface area (Å²) >= 11 is 0. The van der Waals surface area contributed by atoms with Crippen LogP contribution in [0.2, 0.25) is 0 Å². The van der Waals surface area contributed by atoms with E-state index in [1.165, 1.54) is 52.2 Å². The van der Waals surface area contributed by atoms with Crippen LogP contribution in [0.3, 0.4) is 0 Å². The van der Waals surface area contributed by atoms with Crippen LogP contribution in [0.5, 0.6) is 0 Å². The van der Waals surface area contributed by atoms with Gasteiger partial charge in [-0.1, -0.05) is 32.6 Å². The zero-order valence-electron chi connectivity index (χ0n) is 11.7. The lowest BCUT2D eigenvalue weighted by Crippen LogP contribution is -2.70. The summed E-state index contributed by atoms with van der Waals surface area (Å²) in [6.07, 6.45) is 7.72. The first kappa shape index (κ1) is 13.7. The highest BCUT2D eigenvalue weighted by atomic mass is 16.5. The predicted molar refractivity (Wildman–Crippen MR) is 71.6 cm³/mol. The molecule has 0 aromatic carbocycles. The lowest BCUT2D eigenvalue weighted by atomic mass is 9.88. The first-order valence-corrected chi connectivity index (χ1v) is 7.35. The number of nitrogens with zero attached hydrogens (tertiary/aromatic N) is 2. The van der Waals surface area contributed by atoms with E-state index in [4.69, 9.17) is 4.74 Å². The second kappa shape index (κ2) is 6.41. The highest BCUT2D eigenvalue weighted by molar-refractivity contribution is 5.69. The third kappa shape index (κ3) is 2.97. The predicted octanol–water partition coefficient (Wildman–Crippen LogP) is 2.48. The average molecular weight is 254 g/mol. The molecule has 3 aliphatic rings. The number of amides is 1. The van der Waals surface area contributed by atoms with E-state index >= 15 is 0 Å². The molecule has 0 N–H and O–H groups in total. The molecule has 1 amide bonds. The van der Waals surface area contributed by atoms with Crippen molar-refractivity contribution in [3.05, 3.63) is 0 Å². The van der Waals surface area contributed by atoms with Gasteiger partial charge in [0, 0.05) is 13.1 Å². The lowest BCUT2D eigenvalue weighted by Gasteiger charge is -2.55. The minimum Gasteiger partial charge on any atom is -0.453 e. The molecule has 0 aromatic rings. The highest BCUT2D eigenvalue weighted by Crippen LogP contribution is 2.32. The SMILES string of the molecule is CCCCCCCN1CC2CC(C1)N2C(=O)OC. The molecule has 0 radical (unpaired) electrons. The number of hydrogen-bond donors (Lipinski definition) is 0. The molecule has 3 saturated heterocycles. The maximum absolute atomic E-state index is 11.5. The molecule has 2 bridgehead atoms. The van der Waals surface area contributed by atoms with E-state index < -0.39 is 0 Å². The first-order chi connectivity index (χ1) is 8.76. The van der Waals surface area contributed by atoms with E-state index in [1.807, 2.05) is 4.90 Å². The zero-order valence-corrected chi connectivity index (χ0v) is 11.7. The van der Waals surface area contributed by atoms with E-state index in [-0.39, 0.29) is 6.09 Å². The van der Waals surface area contributed by atoms with Crippen LogP contribution >= 0.6 is 0 Å². The van der Waals surface area contributed by atoms with E-state index in [2.05, 4.69) is 11.8 Å². The molecule has 4 heteroatoms. The third-order valence-corrected chi connectivity index (χ3v) is 4.23. The summed E-state index contributed by atoms with van der Waals surface area (Å²) in [4.78, 5) is 16.0. The van der Waals surface area contributed by atoms with Gasteiger partial charge in [0.05, 0.1) is 19.2 Å². The maximum Gasteiger partial charge on any atom is 0.410 e. The number of rotatable bonds is 6. The van der Waals surface area contributed by atoms with E-state index in [0.29, 0.717) is 12.1 Å². The molecule has 0 spiro atoms. The van der Waals surface area contributed by atoms with Gasteiger partial charge in [0.25, 0.3) is 0 Å². The number of hydrogen-bond acceptors (Lipinski definition) is 3. The van der Waals surface area contributed by atoms with E-state index in [1.54, 1.807) is 0 Å². The number of piperidine rings is 1. The fraction of sp³-hybridized carbons (Fsp3) is 0.929. The van der Waals surface area contributed by atoms with Crippen molar-refractivity contribution in [2.75, 3.05) is 26.7 Å². The second-order valence-electron chi connectivity index (χ2n) is 5.59. The molecule has 3 rings (SSSR count). The Kier molecular flexibility index (Phi) is 4.87. The zero-order chi connectivity index (χ0) is 13.0. The van der Waals surface area contributed by atoms with Crippen molar-refractivity contribution in [1.29, 1.82) is 0 Å². The van der Waals surface area contributed by atoms with Crippen molar-refractivity contribution >= 4 is 6.09 Å². The summed E-state index contributed by atoms with van der Waals surface area (Å²) in [5.41, 5.74) is 0. The Labute approximate surface area is 110 Å². The van der Waals surface area contributed by atoms with Crippen molar-refractivity contribution in [3.8, 4) is 0 Å². The van der Waals surface area contributed by atoms with Crippen LogP contribution in [0.4, 0.5) is 4.79 Å². The normalized spacial score (nSPS) is 26.9. The summed E-state index contributed by atoms with van der Waals surface area (Å²) in [5.74, 6) is 0. The van der Waals surface area contributed by atoms with Gasteiger partial charge in [-0.05, 0) is 19.4 Å². The van der Waals surface area contributed by atoms with Gasteiger partial charge in [0.1, 0.15) is 0 Å². The lowest BCUT2D eigenvalue weighted by molar-refractivity contribution is -0.0552. The summed E-state index contributed by atoms with van der Waals surface area (Å²) < 4.78 is 4.82. The summed E-state index contributed by atoms with van der Waals surface area (Å²) in [5, 5.41) is 0. The molecule has 0 aromatic heterocycles. The van der Waals surface area contributed by atoms with Crippen LogP contribution in [0, 0.1) is 0 Å². The Balaban J connectivity index is 1.63. The molecule has 2 unspecified atom stereocenters. The molecule has 18 heavy (non-hydrogen) atoms. The van der Waals surface area contributed by atoms with Crippen molar-refractivity contribution in [1.82, 2.24) is 9.80 Å². The molecule has 0 saturated carbocycles. The monoisotopic (exact) mass is 254 g/mol. The third-order valence-electron chi connectivity index (χ3n) is 4.23. The van der Waals surface area contributed by atoms with Crippen LogP contribution in [-0.4, -0.2) is 54.7 Å². The highest BCUT2D eigenvalue weighted by Gasteiger charge is 2.47. The van der Waals surface area contributed by atoms with Crippen molar-refractivity contribution < 1.29 is 9.53 Å². The smallest absolute Gasteiger partial charge is 0.410 e. The van der Waals surface area contributed by atoms with Crippen molar-refractivity contribution in [2.45, 2.75) is 57.5 Å². The van der Waals surface area contributed by atoms with Gasteiger partial charge in [-0.15, -0.1) is 0 Å². The Morgan fingerprint density at radius 1 is 1.17 bits per heavy atom. The first-order valence-electron chi connectivity index (χ1n) is 7.35. The number of carbonyl (C=O) groups excluding carboxylic acids is 1. The Hall–Kier alpha value is -0.770. The quantitative estimate of drug-likeness (QED) is 0.683. The molecule has 104 valence electrons. The van der Waals surface area contributed by atoms with Gasteiger partial charge in [-0.25, -0.2) is 4.79 Å². The molecule has 3 fully saturated rings. The molecular formula is C14H26N2O2. The topological polar surface area (TPSA) is 32.8 Å². The second-order valence-corrected chi connectivity index (χ2v) is 5.59. The largest absolute Gasteiger partial charge is 0.453 e. The number of unbranched alkanes of at least 4 members (excludes halogenated alkanes) is 4. The Morgan fingerprint density at radius 2 is 1.83 bits per heavy atom. The van der Waals surface area contributed by atoms with Gasteiger partial charge < -0.3 is 4.74 Å². The van der Waals surface area contributed by atoms with Crippen LogP contribution in [-0.2, 0) is 4.74 Å². The average Bonchev–Trinajstić information content (AvgIpc) is 2.38. The van der Waals surface area contributed by atoms with Gasteiger partial charge in [-0.2, -0.15) is 0 Å². The maximum atomic E-state index is 11.5. The minimum absolute atomic E-state index is 0.140. The number of carbonyl (C=O) groups is 1. The number of piperazine rings is 1. The number of methoxy groups -OCH3 is 1. The number of ether oxygens (including phenoxy) is 1. The van der Waals surface area contributed by atoms with Crippen LogP contribution in [0.25, 0.3) is 0 Å². The fourth-order valence-corrected chi connectivity index (χ4v) is 3.22. The van der Waals surface area contributed by atoms with Gasteiger partial charge in [-0.3, -0.25) is 9.80 Å². The number of fused-ring (bicyclic) bond motifs is 2. The van der Waals surface area contributed by atoms with Gasteiger partial charge in [0.15, 0.2) is 0 Å². The van der Waals surface area contributed by atoms with Crippen molar-refractivity contribution in [2.24, 2.45) is 0 Å². The van der Waals surface area contributed by atoms with Crippen LogP contribution < -0.4 is 0 Å². The Morgan fingerprint density at radius 3 is 2.44 bits per heavy atom. The van der Waals surface area contributed by atoms with Crippen molar-refractivity contribution in [3.63, 3.8) is 0 Å². The fourth-order valence-electron chi connectivity index (χ4n) is 3.22. The molecule has 2 atom stereocenters.